The van der Waals surface area contributed by atoms with Gasteiger partial charge in [-0.3, -0.25) is 4.79 Å². The molecular weight excluding hydrogens is 202 g/mol. The Morgan fingerprint density at radius 1 is 1.31 bits per heavy atom. The molecule has 2 aromatic rings. The molecule has 3 rings (SSSR count). The Labute approximate surface area is 93.3 Å². The third-order valence-corrected chi connectivity index (χ3v) is 2.77. The SMILES string of the molecule is Cc1ccc2c(c1)-n1cccc1C(=O)CO2. The Bertz CT molecular complexity index is 569. The second-order valence-corrected chi connectivity index (χ2v) is 3.95. The number of ketones is 1. The summed E-state index contributed by atoms with van der Waals surface area (Å²) in [6, 6.07) is 9.62. The molecule has 0 saturated heterocycles. The minimum Gasteiger partial charge on any atom is -0.483 e. The first-order chi connectivity index (χ1) is 7.75. The minimum atomic E-state index is 0.0128. The van der Waals surface area contributed by atoms with Gasteiger partial charge in [0.1, 0.15) is 5.75 Å². The fourth-order valence-electron chi connectivity index (χ4n) is 1.97. The van der Waals surface area contributed by atoms with Crippen LogP contribution in [-0.4, -0.2) is 17.0 Å². The highest BCUT2D eigenvalue weighted by Crippen LogP contribution is 2.28. The van der Waals surface area contributed by atoms with E-state index < -0.39 is 0 Å². The van der Waals surface area contributed by atoms with Crippen molar-refractivity contribution in [2.75, 3.05) is 6.61 Å². The summed E-state index contributed by atoms with van der Waals surface area (Å²) in [6.07, 6.45) is 1.89. The molecule has 0 bridgehead atoms. The predicted molar refractivity (Wildman–Crippen MR) is 60.3 cm³/mol. The minimum absolute atomic E-state index is 0.0128. The van der Waals surface area contributed by atoms with Gasteiger partial charge in [0.2, 0.25) is 5.78 Å². The van der Waals surface area contributed by atoms with Crippen LogP contribution in [0.4, 0.5) is 0 Å². The topological polar surface area (TPSA) is 31.2 Å². The summed E-state index contributed by atoms with van der Waals surface area (Å²) in [5.74, 6) is 0.771. The van der Waals surface area contributed by atoms with Gasteiger partial charge in [0.15, 0.2) is 6.61 Å². The van der Waals surface area contributed by atoms with Gasteiger partial charge in [0.25, 0.3) is 0 Å². The fraction of sp³-hybridized carbons (Fsp3) is 0.154. The van der Waals surface area contributed by atoms with E-state index in [1.54, 1.807) is 0 Å². The number of ether oxygens (including phenoxy) is 1. The number of aryl methyl sites for hydroxylation is 1. The standard InChI is InChI=1S/C13H11NO2/c1-9-4-5-13-11(7-9)14-6-2-3-10(14)12(15)8-16-13/h2-7H,8H2,1H3. The first-order valence-corrected chi connectivity index (χ1v) is 5.20. The van der Waals surface area contributed by atoms with Crippen LogP contribution in [0.2, 0.25) is 0 Å². The number of fused-ring (bicyclic) bond motifs is 3. The zero-order chi connectivity index (χ0) is 11.1. The average Bonchev–Trinajstić information content (AvgIpc) is 2.71. The maximum atomic E-state index is 11.8. The number of hydrogen-bond acceptors (Lipinski definition) is 2. The van der Waals surface area contributed by atoms with Crippen molar-refractivity contribution in [1.29, 1.82) is 0 Å². The normalized spacial score (nSPS) is 13.7. The number of nitrogens with zero attached hydrogens (tertiary/aromatic N) is 1. The van der Waals surface area contributed by atoms with Crippen LogP contribution in [0.1, 0.15) is 16.1 Å². The summed E-state index contributed by atoms with van der Waals surface area (Å²) in [5.41, 5.74) is 2.77. The Morgan fingerprint density at radius 3 is 3.06 bits per heavy atom. The Kier molecular flexibility index (Phi) is 1.86. The van der Waals surface area contributed by atoms with Gasteiger partial charge in [-0.25, -0.2) is 0 Å². The maximum Gasteiger partial charge on any atom is 0.216 e. The summed E-state index contributed by atoms with van der Waals surface area (Å²) in [7, 11) is 0. The molecule has 2 heterocycles. The smallest absolute Gasteiger partial charge is 0.216 e. The molecule has 0 unspecified atom stereocenters. The molecule has 1 aromatic heterocycles. The summed E-state index contributed by atoms with van der Waals surface area (Å²) in [6.45, 7) is 2.14. The summed E-state index contributed by atoms with van der Waals surface area (Å²) >= 11 is 0. The number of aromatic nitrogens is 1. The Morgan fingerprint density at radius 2 is 2.19 bits per heavy atom. The molecule has 0 N–H and O–H groups in total. The molecule has 3 nitrogen and oxygen atoms in total. The van der Waals surface area contributed by atoms with E-state index in [0.717, 1.165) is 17.0 Å². The largest absolute Gasteiger partial charge is 0.483 e. The first kappa shape index (κ1) is 9.21. The van der Waals surface area contributed by atoms with Crippen LogP contribution in [0.25, 0.3) is 5.69 Å². The molecule has 0 atom stereocenters. The lowest BCUT2D eigenvalue weighted by atomic mass is 10.2. The van der Waals surface area contributed by atoms with Crippen LogP contribution >= 0.6 is 0 Å². The second kappa shape index (κ2) is 3.23. The summed E-state index contributed by atoms with van der Waals surface area (Å²) in [5, 5.41) is 0. The van der Waals surface area contributed by atoms with E-state index in [1.807, 2.05) is 48.0 Å². The highest BCUT2D eigenvalue weighted by molar-refractivity contribution is 5.97. The van der Waals surface area contributed by atoms with E-state index in [4.69, 9.17) is 4.74 Å². The van der Waals surface area contributed by atoms with Crippen molar-refractivity contribution < 1.29 is 9.53 Å². The van der Waals surface area contributed by atoms with E-state index in [9.17, 15) is 4.79 Å². The highest BCUT2D eigenvalue weighted by Gasteiger charge is 2.19. The van der Waals surface area contributed by atoms with Crippen molar-refractivity contribution in [1.82, 2.24) is 4.57 Å². The number of benzene rings is 1. The Balaban J connectivity index is 2.30. The average molecular weight is 213 g/mol. The van der Waals surface area contributed by atoms with E-state index >= 15 is 0 Å². The molecule has 80 valence electrons. The van der Waals surface area contributed by atoms with Gasteiger partial charge in [-0.2, -0.15) is 0 Å². The maximum absolute atomic E-state index is 11.8. The number of hydrogen-bond donors (Lipinski definition) is 0. The van der Waals surface area contributed by atoms with Crippen molar-refractivity contribution in [2.45, 2.75) is 6.92 Å². The highest BCUT2D eigenvalue weighted by atomic mass is 16.5. The van der Waals surface area contributed by atoms with Crippen LogP contribution in [-0.2, 0) is 0 Å². The monoisotopic (exact) mass is 213 g/mol. The first-order valence-electron chi connectivity index (χ1n) is 5.20. The quantitative estimate of drug-likeness (QED) is 0.672. The molecule has 16 heavy (non-hydrogen) atoms. The third kappa shape index (κ3) is 1.25. The molecule has 0 aliphatic carbocycles. The van der Waals surface area contributed by atoms with Gasteiger partial charge in [-0.05, 0) is 36.8 Å². The molecule has 0 amide bonds. The summed E-state index contributed by atoms with van der Waals surface area (Å²) < 4.78 is 7.37. The predicted octanol–water partition coefficient (Wildman–Crippen LogP) is 2.36. The van der Waals surface area contributed by atoms with Crippen molar-refractivity contribution in [3.05, 3.63) is 47.8 Å². The van der Waals surface area contributed by atoms with Crippen molar-refractivity contribution >= 4 is 5.78 Å². The van der Waals surface area contributed by atoms with Gasteiger partial charge in [-0.1, -0.05) is 6.07 Å². The van der Waals surface area contributed by atoms with Crippen LogP contribution < -0.4 is 4.74 Å². The molecule has 1 aliphatic rings. The van der Waals surface area contributed by atoms with Crippen molar-refractivity contribution in [3.8, 4) is 11.4 Å². The lowest BCUT2D eigenvalue weighted by Crippen LogP contribution is -2.10. The van der Waals surface area contributed by atoms with E-state index in [2.05, 4.69) is 0 Å². The third-order valence-electron chi connectivity index (χ3n) is 2.77. The van der Waals surface area contributed by atoms with Crippen LogP contribution in [0.5, 0.6) is 5.75 Å². The fourth-order valence-corrected chi connectivity index (χ4v) is 1.97. The van der Waals surface area contributed by atoms with Gasteiger partial charge < -0.3 is 9.30 Å². The van der Waals surface area contributed by atoms with Crippen LogP contribution in [0.15, 0.2) is 36.5 Å². The number of carbonyl (C=O) groups is 1. The van der Waals surface area contributed by atoms with E-state index in [-0.39, 0.29) is 12.4 Å². The second-order valence-electron chi connectivity index (χ2n) is 3.95. The number of Topliss-reactive ketones (excluding diaryl/α,β-unsaturated/α-hetero) is 1. The number of rotatable bonds is 0. The molecule has 0 fully saturated rings. The van der Waals surface area contributed by atoms with Crippen molar-refractivity contribution in [3.63, 3.8) is 0 Å². The van der Waals surface area contributed by atoms with Gasteiger partial charge in [-0.15, -0.1) is 0 Å². The zero-order valence-corrected chi connectivity index (χ0v) is 8.93. The van der Waals surface area contributed by atoms with Gasteiger partial charge in [0, 0.05) is 6.20 Å². The molecular formula is C13H11NO2. The van der Waals surface area contributed by atoms with Gasteiger partial charge in [0.05, 0.1) is 11.4 Å². The zero-order valence-electron chi connectivity index (χ0n) is 8.93. The number of carbonyl (C=O) groups excluding carboxylic acids is 1. The lowest BCUT2D eigenvalue weighted by molar-refractivity contribution is 0.0921. The van der Waals surface area contributed by atoms with Crippen LogP contribution in [0, 0.1) is 6.92 Å². The summed E-state index contributed by atoms with van der Waals surface area (Å²) in [4.78, 5) is 11.8. The van der Waals surface area contributed by atoms with Crippen molar-refractivity contribution in [2.24, 2.45) is 0 Å². The molecule has 1 aliphatic heterocycles. The molecule has 0 radical (unpaired) electrons. The molecule has 3 heteroatoms. The lowest BCUT2D eigenvalue weighted by Gasteiger charge is -2.09. The van der Waals surface area contributed by atoms with E-state index in [0.29, 0.717) is 5.69 Å². The molecule has 0 spiro atoms. The molecule has 0 saturated carbocycles. The van der Waals surface area contributed by atoms with Crippen LogP contribution in [0.3, 0.4) is 0 Å². The van der Waals surface area contributed by atoms with E-state index in [1.165, 1.54) is 0 Å². The Hall–Kier alpha value is -2.03. The molecule has 1 aromatic carbocycles. The van der Waals surface area contributed by atoms with Gasteiger partial charge >= 0.3 is 0 Å².